The fourth-order valence-corrected chi connectivity index (χ4v) is 4.24. The number of nitrogens with zero attached hydrogens (tertiary/aromatic N) is 1. The number of methoxy groups -OCH3 is 1. The summed E-state index contributed by atoms with van der Waals surface area (Å²) in [5.74, 6) is 0. The molecule has 0 spiro atoms. The van der Waals surface area contributed by atoms with Crippen LogP contribution in [0, 0.1) is 0 Å². The summed E-state index contributed by atoms with van der Waals surface area (Å²) in [5.41, 5.74) is 1.96. The van der Waals surface area contributed by atoms with Crippen LogP contribution in [-0.4, -0.2) is 82.2 Å². The van der Waals surface area contributed by atoms with Crippen molar-refractivity contribution in [2.24, 2.45) is 0 Å². The van der Waals surface area contributed by atoms with Crippen molar-refractivity contribution in [1.29, 1.82) is 0 Å². The van der Waals surface area contributed by atoms with Crippen molar-refractivity contribution in [2.75, 3.05) is 46.6 Å². The zero-order chi connectivity index (χ0) is 20.2. The van der Waals surface area contributed by atoms with Crippen molar-refractivity contribution in [2.45, 2.75) is 43.9 Å². The van der Waals surface area contributed by atoms with Crippen molar-refractivity contribution >= 4 is 0 Å². The predicted molar refractivity (Wildman–Crippen MR) is 106 cm³/mol. The Kier molecular flexibility index (Phi) is 6.97. The molecule has 160 valence electrons. The molecule has 4 rings (SSSR count). The van der Waals surface area contributed by atoms with Gasteiger partial charge in [-0.25, -0.2) is 0 Å². The second-order valence-corrected chi connectivity index (χ2v) is 7.83. The molecule has 0 aliphatic carbocycles. The van der Waals surface area contributed by atoms with Crippen LogP contribution in [0.1, 0.15) is 18.8 Å². The first-order valence-corrected chi connectivity index (χ1v) is 10.3. The Labute approximate surface area is 172 Å². The summed E-state index contributed by atoms with van der Waals surface area (Å²) in [5, 5.41) is 0. The van der Waals surface area contributed by atoms with Crippen LogP contribution in [0.5, 0.6) is 0 Å². The topological polar surface area (TPSA) is 58.6 Å². The van der Waals surface area contributed by atoms with Gasteiger partial charge in [-0.3, -0.25) is 4.90 Å². The van der Waals surface area contributed by atoms with Crippen LogP contribution in [0.2, 0.25) is 0 Å². The van der Waals surface area contributed by atoms with Crippen molar-refractivity contribution in [3.63, 3.8) is 0 Å². The van der Waals surface area contributed by atoms with E-state index in [1.807, 2.05) is 37.3 Å². The van der Waals surface area contributed by atoms with Crippen LogP contribution in [0.25, 0.3) is 0 Å². The Morgan fingerprint density at radius 2 is 1.93 bits per heavy atom. The van der Waals surface area contributed by atoms with E-state index in [9.17, 15) is 0 Å². The zero-order valence-corrected chi connectivity index (χ0v) is 17.2. The van der Waals surface area contributed by atoms with Gasteiger partial charge in [0.2, 0.25) is 0 Å². The molecule has 7 nitrogen and oxygen atoms in total. The predicted octanol–water partition coefficient (Wildman–Crippen LogP) is 2.13. The molecule has 3 fully saturated rings. The van der Waals surface area contributed by atoms with Crippen LogP contribution in [0.15, 0.2) is 42.5 Å². The highest BCUT2D eigenvalue weighted by Gasteiger charge is 2.52. The van der Waals surface area contributed by atoms with Crippen molar-refractivity contribution < 1.29 is 28.4 Å². The third-order valence-corrected chi connectivity index (χ3v) is 5.60. The molecule has 6 atom stereocenters. The molecule has 1 aromatic rings. The summed E-state index contributed by atoms with van der Waals surface area (Å²) in [6.45, 7) is 9.83. The molecule has 0 saturated carbocycles. The van der Waals surface area contributed by atoms with Gasteiger partial charge in [-0.15, -0.1) is 0 Å². The molecule has 0 aromatic heterocycles. The Bertz CT molecular complexity index is 665. The smallest absolute Gasteiger partial charge is 0.185 e. The van der Waals surface area contributed by atoms with E-state index in [4.69, 9.17) is 28.4 Å². The van der Waals surface area contributed by atoms with Gasteiger partial charge in [0, 0.05) is 25.8 Å². The molecule has 3 heterocycles. The van der Waals surface area contributed by atoms with Gasteiger partial charge in [-0.2, -0.15) is 0 Å². The van der Waals surface area contributed by atoms with Crippen LogP contribution >= 0.6 is 0 Å². The molecule has 0 N–H and O–H groups in total. The van der Waals surface area contributed by atoms with Crippen LogP contribution in [0.3, 0.4) is 0 Å². The zero-order valence-electron chi connectivity index (χ0n) is 17.2. The second kappa shape index (κ2) is 9.66. The number of benzene rings is 1. The first-order valence-electron chi connectivity index (χ1n) is 10.3. The lowest BCUT2D eigenvalue weighted by Gasteiger charge is -2.52. The summed E-state index contributed by atoms with van der Waals surface area (Å²) in [7, 11) is 1.65. The highest BCUT2D eigenvalue weighted by molar-refractivity contribution is 5.17. The number of rotatable bonds is 6. The van der Waals surface area contributed by atoms with E-state index in [1.165, 1.54) is 0 Å². The Morgan fingerprint density at radius 3 is 2.62 bits per heavy atom. The average molecular weight is 405 g/mol. The summed E-state index contributed by atoms with van der Waals surface area (Å²) < 4.78 is 36.2. The van der Waals surface area contributed by atoms with E-state index in [0.717, 1.165) is 24.2 Å². The molecule has 0 radical (unpaired) electrons. The molecule has 29 heavy (non-hydrogen) atoms. The Hall–Kier alpha value is -1.32. The molecule has 0 unspecified atom stereocenters. The molecule has 3 aliphatic heterocycles. The number of hydrogen-bond acceptors (Lipinski definition) is 7. The fourth-order valence-electron chi connectivity index (χ4n) is 4.24. The summed E-state index contributed by atoms with van der Waals surface area (Å²) in [4.78, 5) is 2.38. The van der Waals surface area contributed by atoms with Gasteiger partial charge in [-0.05, 0) is 6.92 Å². The van der Waals surface area contributed by atoms with E-state index in [1.54, 1.807) is 7.11 Å². The highest BCUT2D eigenvalue weighted by atomic mass is 16.8. The maximum absolute atomic E-state index is 6.48. The van der Waals surface area contributed by atoms with Crippen LogP contribution in [0.4, 0.5) is 0 Å². The standard InChI is InChI=1S/C22H31NO6/c1-15(2)13-26-20-18(23-9-11-25-12-10-23)19-17(28-22(20)24-3)14-27-21(29-19)16-7-5-4-6-8-16/h4-8,17-22H,1,9-14H2,2-3H3/t17-,18-,19-,20+,21-,22+/m1/s1. The quantitative estimate of drug-likeness (QED) is 0.672. The Morgan fingerprint density at radius 1 is 1.17 bits per heavy atom. The van der Waals surface area contributed by atoms with Gasteiger partial charge in [0.25, 0.3) is 0 Å². The SMILES string of the molecule is C=C(C)CO[C@@H]1[C@@H](OC)O[C@@H]2CO[C@@H](c3ccccc3)O[C@H]2[C@H]1N1CCOCC1. The minimum atomic E-state index is -0.496. The molecule has 0 amide bonds. The first kappa shape index (κ1) is 20.9. The number of fused-ring (bicyclic) bond motifs is 1. The van der Waals surface area contributed by atoms with Crippen LogP contribution in [-0.2, 0) is 28.4 Å². The molecule has 1 aromatic carbocycles. The lowest BCUT2D eigenvalue weighted by Crippen LogP contribution is -2.68. The highest BCUT2D eigenvalue weighted by Crippen LogP contribution is 2.37. The molecular formula is C22H31NO6. The van der Waals surface area contributed by atoms with Gasteiger partial charge in [0.05, 0.1) is 32.5 Å². The number of hydrogen-bond donors (Lipinski definition) is 0. The minimum absolute atomic E-state index is 0.0305. The van der Waals surface area contributed by atoms with E-state index >= 15 is 0 Å². The van der Waals surface area contributed by atoms with Gasteiger partial charge < -0.3 is 28.4 Å². The molecule has 3 aliphatic rings. The second-order valence-electron chi connectivity index (χ2n) is 7.83. The third-order valence-electron chi connectivity index (χ3n) is 5.60. The summed E-state index contributed by atoms with van der Waals surface area (Å²) in [6.07, 6.45) is -1.65. The molecule has 3 saturated heterocycles. The molecule has 0 bridgehead atoms. The maximum atomic E-state index is 6.48. The average Bonchev–Trinajstić information content (AvgIpc) is 2.77. The van der Waals surface area contributed by atoms with Gasteiger partial charge in [0.1, 0.15) is 18.3 Å². The largest absolute Gasteiger partial charge is 0.379 e. The van der Waals surface area contributed by atoms with Gasteiger partial charge >= 0.3 is 0 Å². The van der Waals surface area contributed by atoms with Crippen molar-refractivity contribution in [3.8, 4) is 0 Å². The summed E-state index contributed by atoms with van der Waals surface area (Å²) in [6, 6.07) is 9.98. The summed E-state index contributed by atoms with van der Waals surface area (Å²) >= 11 is 0. The van der Waals surface area contributed by atoms with Crippen molar-refractivity contribution in [3.05, 3.63) is 48.0 Å². The fraction of sp³-hybridized carbons (Fsp3) is 0.636. The molecule has 7 heteroatoms. The minimum Gasteiger partial charge on any atom is -0.379 e. The van der Waals surface area contributed by atoms with Crippen LogP contribution < -0.4 is 0 Å². The third kappa shape index (κ3) is 4.72. The van der Waals surface area contributed by atoms with Gasteiger partial charge in [-0.1, -0.05) is 42.5 Å². The van der Waals surface area contributed by atoms with E-state index < -0.39 is 12.6 Å². The monoisotopic (exact) mass is 405 g/mol. The normalized spacial score (nSPS) is 35.8. The Balaban J connectivity index is 1.60. The molecular weight excluding hydrogens is 374 g/mol. The number of morpholine rings is 1. The van der Waals surface area contributed by atoms with E-state index in [-0.39, 0.29) is 24.4 Å². The maximum Gasteiger partial charge on any atom is 0.185 e. The van der Waals surface area contributed by atoms with E-state index in [2.05, 4.69) is 11.5 Å². The lowest BCUT2D eigenvalue weighted by atomic mass is 9.92. The van der Waals surface area contributed by atoms with E-state index in [0.29, 0.717) is 26.4 Å². The lowest BCUT2D eigenvalue weighted by molar-refractivity contribution is -0.355. The van der Waals surface area contributed by atoms with Gasteiger partial charge in [0.15, 0.2) is 12.6 Å². The van der Waals surface area contributed by atoms with Crippen molar-refractivity contribution in [1.82, 2.24) is 4.90 Å². The number of ether oxygens (including phenoxy) is 6. The first-order chi connectivity index (χ1) is 14.2.